The van der Waals surface area contributed by atoms with E-state index in [2.05, 4.69) is 20.6 Å². The summed E-state index contributed by atoms with van der Waals surface area (Å²) < 4.78 is 0. The van der Waals surface area contributed by atoms with E-state index in [1.807, 2.05) is 0 Å². The molecule has 0 bridgehead atoms. The average molecular weight is 356 g/mol. The van der Waals surface area contributed by atoms with Crippen molar-refractivity contribution in [2.24, 2.45) is 0 Å². The predicted octanol–water partition coefficient (Wildman–Crippen LogP) is 0.616. The number of aromatic nitrogens is 2. The van der Waals surface area contributed by atoms with E-state index in [4.69, 9.17) is 5.11 Å². The number of hydrogen-bond acceptors (Lipinski definition) is 8. The molecule has 4 N–H and O–H groups in total. The van der Waals surface area contributed by atoms with E-state index in [-0.39, 0.29) is 17.5 Å². The third-order valence-electron chi connectivity index (χ3n) is 2.72. The van der Waals surface area contributed by atoms with E-state index in [0.717, 1.165) is 4.88 Å². The zero-order chi connectivity index (χ0) is 17.0. The Kier molecular flexibility index (Phi) is 5.77. The molecule has 10 heteroatoms. The Hall–Kier alpha value is -1.88. The summed E-state index contributed by atoms with van der Waals surface area (Å²) >= 11 is 2.45. The molecule has 0 aromatic carbocycles. The average Bonchev–Trinajstić information content (AvgIpc) is 3.10. The van der Waals surface area contributed by atoms with Gasteiger partial charge in [0.1, 0.15) is 0 Å². The quantitative estimate of drug-likeness (QED) is 0.601. The number of hydrogen-bond donors (Lipinski definition) is 4. The SMILES string of the molecule is CC(=O)Nc1nc(C)c(-c2csc(C(=O)NCC(O)CO)n2)s1. The second-order valence-electron chi connectivity index (χ2n) is 4.70. The van der Waals surface area contributed by atoms with E-state index in [1.54, 1.807) is 12.3 Å². The summed E-state index contributed by atoms with van der Waals surface area (Å²) in [6.07, 6.45) is -0.998. The molecule has 2 amide bonds. The van der Waals surface area contributed by atoms with Gasteiger partial charge in [0, 0.05) is 18.8 Å². The lowest BCUT2D eigenvalue weighted by Crippen LogP contribution is -2.33. The number of aliphatic hydroxyl groups is 2. The first-order chi connectivity index (χ1) is 10.9. The van der Waals surface area contributed by atoms with Crippen molar-refractivity contribution in [1.82, 2.24) is 15.3 Å². The molecule has 8 nitrogen and oxygen atoms in total. The summed E-state index contributed by atoms with van der Waals surface area (Å²) in [7, 11) is 0. The third kappa shape index (κ3) is 4.55. The summed E-state index contributed by atoms with van der Waals surface area (Å²) in [5.74, 6) is -0.621. The smallest absolute Gasteiger partial charge is 0.280 e. The van der Waals surface area contributed by atoms with E-state index in [0.29, 0.717) is 16.5 Å². The molecular weight excluding hydrogens is 340 g/mol. The highest BCUT2D eigenvalue weighted by molar-refractivity contribution is 7.19. The number of aryl methyl sites for hydroxylation is 1. The van der Waals surface area contributed by atoms with Crippen molar-refractivity contribution in [2.75, 3.05) is 18.5 Å². The Balaban J connectivity index is 2.11. The zero-order valence-corrected chi connectivity index (χ0v) is 14.1. The largest absolute Gasteiger partial charge is 0.394 e. The lowest BCUT2D eigenvalue weighted by molar-refractivity contribution is -0.114. The van der Waals surface area contributed by atoms with Crippen LogP contribution in [0.2, 0.25) is 0 Å². The second kappa shape index (κ2) is 7.59. The van der Waals surface area contributed by atoms with E-state index in [9.17, 15) is 14.7 Å². The molecule has 1 atom stereocenters. The van der Waals surface area contributed by atoms with Crippen LogP contribution in [0.3, 0.4) is 0 Å². The third-order valence-corrected chi connectivity index (χ3v) is 4.66. The molecule has 0 radical (unpaired) electrons. The lowest BCUT2D eigenvalue weighted by Gasteiger charge is -2.06. The molecule has 0 aliphatic heterocycles. The molecule has 0 spiro atoms. The summed E-state index contributed by atoms with van der Waals surface area (Å²) in [6.45, 7) is 2.74. The van der Waals surface area contributed by atoms with Gasteiger partial charge in [-0.1, -0.05) is 11.3 Å². The molecule has 2 rings (SSSR count). The van der Waals surface area contributed by atoms with Gasteiger partial charge in [-0.25, -0.2) is 9.97 Å². The number of nitrogens with one attached hydrogen (secondary N) is 2. The van der Waals surface area contributed by atoms with Gasteiger partial charge in [0.15, 0.2) is 10.1 Å². The standard InChI is InChI=1S/C13H16N4O4S2/c1-6-10(23-13(15-6)16-7(2)19)9-5-22-12(17-9)11(21)14-3-8(20)4-18/h5,8,18,20H,3-4H2,1-2H3,(H,14,21)(H,15,16,19). The highest BCUT2D eigenvalue weighted by Crippen LogP contribution is 2.33. The Labute approximate surface area is 140 Å². The minimum Gasteiger partial charge on any atom is -0.394 e. The number of anilines is 1. The molecule has 0 aliphatic rings. The van der Waals surface area contributed by atoms with Crippen LogP contribution in [0.5, 0.6) is 0 Å². The van der Waals surface area contributed by atoms with Crippen LogP contribution in [0.4, 0.5) is 5.13 Å². The minimum absolute atomic E-state index is 0.0451. The first kappa shape index (κ1) is 17.5. The summed E-state index contributed by atoms with van der Waals surface area (Å²) in [5.41, 5.74) is 1.32. The van der Waals surface area contributed by atoms with Crippen LogP contribution in [0.15, 0.2) is 5.38 Å². The number of rotatable bonds is 6. The second-order valence-corrected chi connectivity index (χ2v) is 6.56. The molecule has 124 valence electrons. The fourth-order valence-corrected chi connectivity index (χ4v) is 3.44. The number of carbonyl (C=O) groups excluding carboxylic acids is 2. The molecule has 23 heavy (non-hydrogen) atoms. The van der Waals surface area contributed by atoms with Gasteiger partial charge < -0.3 is 20.8 Å². The molecule has 1 unspecified atom stereocenters. The maximum Gasteiger partial charge on any atom is 0.280 e. The van der Waals surface area contributed by atoms with Crippen LogP contribution < -0.4 is 10.6 Å². The topological polar surface area (TPSA) is 124 Å². The number of thiazole rings is 2. The zero-order valence-electron chi connectivity index (χ0n) is 12.5. The van der Waals surface area contributed by atoms with Crippen molar-refractivity contribution in [3.8, 4) is 10.6 Å². The van der Waals surface area contributed by atoms with Gasteiger partial charge in [-0.3, -0.25) is 9.59 Å². The van der Waals surface area contributed by atoms with E-state index >= 15 is 0 Å². The normalized spacial score (nSPS) is 12.0. The molecule has 0 saturated carbocycles. The first-order valence-electron chi connectivity index (χ1n) is 6.68. The molecule has 2 heterocycles. The Morgan fingerprint density at radius 1 is 1.39 bits per heavy atom. The summed E-state index contributed by atoms with van der Waals surface area (Å²) in [5, 5.41) is 25.5. The van der Waals surface area contributed by atoms with Crippen LogP contribution in [0, 0.1) is 6.92 Å². The maximum atomic E-state index is 11.9. The molecule has 0 saturated heterocycles. The molecular formula is C13H16N4O4S2. The molecule has 0 fully saturated rings. The Morgan fingerprint density at radius 2 is 2.13 bits per heavy atom. The van der Waals surface area contributed by atoms with E-state index < -0.39 is 18.6 Å². The van der Waals surface area contributed by atoms with Gasteiger partial charge in [0.2, 0.25) is 5.91 Å². The maximum absolute atomic E-state index is 11.9. The van der Waals surface area contributed by atoms with Gasteiger partial charge in [0.05, 0.1) is 29.0 Å². The fourth-order valence-electron chi connectivity index (χ4n) is 1.67. The Morgan fingerprint density at radius 3 is 2.78 bits per heavy atom. The number of nitrogens with zero attached hydrogens (tertiary/aromatic N) is 2. The van der Waals surface area contributed by atoms with Crippen molar-refractivity contribution in [1.29, 1.82) is 0 Å². The van der Waals surface area contributed by atoms with Crippen molar-refractivity contribution >= 4 is 39.6 Å². The monoisotopic (exact) mass is 356 g/mol. The van der Waals surface area contributed by atoms with Crippen molar-refractivity contribution in [3.05, 3.63) is 16.1 Å². The summed E-state index contributed by atoms with van der Waals surface area (Å²) in [6, 6.07) is 0. The van der Waals surface area contributed by atoms with Crippen molar-refractivity contribution in [2.45, 2.75) is 20.0 Å². The predicted molar refractivity (Wildman–Crippen MR) is 87.7 cm³/mol. The Bertz CT molecular complexity index is 713. The number of carbonyl (C=O) groups is 2. The van der Waals surface area contributed by atoms with Crippen molar-refractivity contribution in [3.63, 3.8) is 0 Å². The van der Waals surface area contributed by atoms with Gasteiger partial charge in [-0.05, 0) is 6.92 Å². The molecule has 2 aromatic heterocycles. The first-order valence-corrected chi connectivity index (χ1v) is 8.38. The van der Waals surface area contributed by atoms with Crippen LogP contribution >= 0.6 is 22.7 Å². The highest BCUT2D eigenvalue weighted by atomic mass is 32.1. The minimum atomic E-state index is -0.998. The molecule has 0 aliphatic carbocycles. The highest BCUT2D eigenvalue weighted by Gasteiger charge is 2.17. The fraction of sp³-hybridized carbons (Fsp3) is 0.385. The summed E-state index contributed by atoms with van der Waals surface area (Å²) in [4.78, 5) is 32.3. The van der Waals surface area contributed by atoms with Gasteiger partial charge in [0.25, 0.3) is 5.91 Å². The number of amides is 2. The lowest BCUT2D eigenvalue weighted by atomic mass is 10.3. The van der Waals surface area contributed by atoms with Gasteiger partial charge in [-0.2, -0.15) is 0 Å². The molecule has 2 aromatic rings. The van der Waals surface area contributed by atoms with Crippen LogP contribution in [-0.2, 0) is 4.79 Å². The number of aliphatic hydroxyl groups excluding tert-OH is 2. The van der Waals surface area contributed by atoms with Gasteiger partial charge >= 0.3 is 0 Å². The van der Waals surface area contributed by atoms with Crippen LogP contribution in [-0.4, -0.2) is 51.3 Å². The van der Waals surface area contributed by atoms with Gasteiger partial charge in [-0.15, -0.1) is 11.3 Å². The van der Waals surface area contributed by atoms with E-state index in [1.165, 1.54) is 29.6 Å². The van der Waals surface area contributed by atoms with Crippen LogP contribution in [0.25, 0.3) is 10.6 Å². The van der Waals surface area contributed by atoms with Crippen molar-refractivity contribution < 1.29 is 19.8 Å². The van der Waals surface area contributed by atoms with Crippen LogP contribution in [0.1, 0.15) is 22.4 Å².